The second-order valence-electron chi connectivity index (χ2n) is 3.64. The van der Waals surface area contributed by atoms with Crippen molar-refractivity contribution < 1.29 is 18.3 Å². The Bertz CT molecular complexity index is 250. The standard InChI is InChI=1S/C8H14F3N3O/c1-7(15,8(9,10)11)5-14-6-12-3-2-4-13-6/h15H,2-5H2,1H3,(H2,12,13,14). The molecule has 15 heavy (non-hydrogen) atoms. The molecular weight excluding hydrogens is 211 g/mol. The fourth-order valence-corrected chi connectivity index (χ4v) is 1.01. The highest BCUT2D eigenvalue weighted by Crippen LogP contribution is 2.29. The zero-order valence-electron chi connectivity index (χ0n) is 8.36. The van der Waals surface area contributed by atoms with Crippen molar-refractivity contribution in [2.45, 2.75) is 25.1 Å². The first-order valence-electron chi connectivity index (χ1n) is 4.64. The molecule has 0 aromatic rings. The van der Waals surface area contributed by atoms with Gasteiger partial charge in [-0.2, -0.15) is 13.2 Å². The van der Waals surface area contributed by atoms with E-state index in [1.807, 2.05) is 0 Å². The van der Waals surface area contributed by atoms with Gasteiger partial charge in [-0.15, -0.1) is 0 Å². The third kappa shape index (κ3) is 3.26. The molecule has 1 aliphatic heterocycles. The number of hydrogen-bond acceptors (Lipinski definition) is 4. The van der Waals surface area contributed by atoms with E-state index in [-0.39, 0.29) is 0 Å². The van der Waals surface area contributed by atoms with Crippen molar-refractivity contribution in [2.24, 2.45) is 4.99 Å². The number of alkyl halides is 3. The fourth-order valence-electron chi connectivity index (χ4n) is 1.01. The molecule has 4 nitrogen and oxygen atoms in total. The van der Waals surface area contributed by atoms with E-state index in [1.54, 1.807) is 0 Å². The van der Waals surface area contributed by atoms with E-state index in [1.165, 1.54) is 0 Å². The Hall–Kier alpha value is -0.980. The maximum Gasteiger partial charge on any atom is 0.418 e. The highest BCUT2D eigenvalue weighted by atomic mass is 19.4. The largest absolute Gasteiger partial charge is 0.418 e. The lowest BCUT2D eigenvalue weighted by Gasteiger charge is -2.27. The molecule has 0 spiro atoms. The lowest BCUT2D eigenvalue weighted by Crippen LogP contribution is -2.53. The quantitative estimate of drug-likeness (QED) is 0.631. The van der Waals surface area contributed by atoms with Gasteiger partial charge in [-0.3, -0.25) is 4.99 Å². The van der Waals surface area contributed by atoms with Crippen LogP contribution in [0.15, 0.2) is 4.99 Å². The minimum Gasteiger partial charge on any atom is -0.379 e. The molecule has 88 valence electrons. The SMILES string of the molecule is CC(O)(CNC1=NCCCN1)C(F)(F)F. The summed E-state index contributed by atoms with van der Waals surface area (Å²) >= 11 is 0. The summed E-state index contributed by atoms with van der Waals surface area (Å²) in [5, 5.41) is 14.4. The molecule has 3 N–H and O–H groups in total. The summed E-state index contributed by atoms with van der Waals surface area (Å²) in [6.45, 7) is 1.38. The molecule has 0 saturated carbocycles. The van der Waals surface area contributed by atoms with Gasteiger partial charge in [0.15, 0.2) is 11.6 Å². The zero-order valence-corrected chi connectivity index (χ0v) is 8.36. The Morgan fingerprint density at radius 1 is 1.53 bits per heavy atom. The van der Waals surface area contributed by atoms with E-state index < -0.39 is 18.3 Å². The van der Waals surface area contributed by atoms with E-state index >= 15 is 0 Å². The molecule has 1 rings (SSSR count). The van der Waals surface area contributed by atoms with Crippen molar-refractivity contribution in [1.82, 2.24) is 10.6 Å². The highest BCUT2D eigenvalue weighted by molar-refractivity contribution is 5.80. The fraction of sp³-hybridized carbons (Fsp3) is 0.875. The van der Waals surface area contributed by atoms with Crippen LogP contribution in [0.25, 0.3) is 0 Å². The second-order valence-corrected chi connectivity index (χ2v) is 3.64. The molecule has 0 amide bonds. The van der Waals surface area contributed by atoms with Crippen molar-refractivity contribution in [3.63, 3.8) is 0 Å². The lowest BCUT2D eigenvalue weighted by atomic mass is 10.1. The minimum absolute atomic E-state index is 0.311. The van der Waals surface area contributed by atoms with Crippen LogP contribution in [0.2, 0.25) is 0 Å². The van der Waals surface area contributed by atoms with Gasteiger partial charge >= 0.3 is 6.18 Å². The van der Waals surface area contributed by atoms with E-state index in [9.17, 15) is 13.2 Å². The van der Waals surface area contributed by atoms with Crippen molar-refractivity contribution in [3.05, 3.63) is 0 Å². The van der Waals surface area contributed by atoms with Crippen LogP contribution in [0.5, 0.6) is 0 Å². The van der Waals surface area contributed by atoms with Gasteiger partial charge in [-0.1, -0.05) is 0 Å². The zero-order chi connectivity index (χ0) is 11.5. The minimum atomic E-state index is -4.64. The molecule has 0 fully saturated rings. The predicted octanol–water partition coefficient (Wildman–Crippen LogP) is 0.239. The molecule has 0 aromatic carbocycles. The normalized spacial score (nSPS) is 21.3. The van der Waals surface area contributed by atoms with Gasteiger partial charge in [-0.25, -0.2) is 0 Å². The van der Waals surface area contributed by atoms with Crippen LogP contribution in [0.4, 0.5) is 13.2 Å². The molecule has 0 aromatic heterocycles. The van der Waals surface area contributed by atoms with Crippen LogP contribution in [-0.4, -0.2) is 42.5 Å². The number of halogens is 3. The van der Waals surface area contributed by atoms with Gasteiger partial charge in [0.2, 0.25) is 0 Å². The summed E-state index contributed by atoms with van der Waals surface area (Å²) < 4.78 is 36.7. The molecule has 1 heterocycles. The van der Waals surface area contributed by atoms with Gasteiger partial charge in [-0.05, 0) is 13.3 Å². The third-order valence-electron chi connectivity index (χ3n) is 2.11. The molecule has 1 unspecified atom stereocenters. The van der Waals surface area contributed by atoms with Gasteiger partial charge in [0.05, 0.1) is 6.54 Å². The Kier molecular flexibility index (Phi) is 3.43. The second kappa shape index (κ2) is 4.26. The average Bonchev–Trinajstić information content (AvgIpc) is 2.15. The van der Waals surface area contributed by atoms with E-state index in [2.05, 4.69) is 15.6 Å². The summed E-state index contributed by atoms with van der Waals surface area (Å²) in [5.74, 6) is 0.311. The average molecular weight is 225 g/mol. The molecule has 0 bridgehead atoms. The molecule has 0 radical (unpaired) electrons. The van der Waals surface area contributed by atoms with Gasteiger partial charge < -0.3 is 15.7 Å². The molecule has 0 saturated heterocycles. The predicted molar refractivity (Wildman–Crippen MR) is 49.6 cm³/mol. The van der Waals surface area contributed by atoms with Crippen LogP contribution < -0.4 is 10.6 Å². The van der Waals surface area contributed by atoms with Gasteiger partial charge in [0.25, 0.3) is 0 Å². The van der Waals surface area contributed by atoms with E-state index in [4.69, 9.17) is 5.11 Å². The van der Waals surface area contributed by atoms with Crippen LogP contribution >= 0.6 is 0 Å². The summed E-state index contributed by atoms with van der Waals surface area (Å²) in [6.07, 6.45) is -3.78. The van der Waals surface area contributed by atoms with Crippen LogP contribution in [-0.2, 0) is 0 Å². The number of rotatable bonds is 2. The van der Waals surface area contributed by atoms with E-state index in [0.29, 0.717) is 19.0 Å². The Morgan fingerprint density at radius 2 is 2.20 bits per heavy atom. The van der Waals surface area contributed by atoms with Crippen LogP contribution in [0, 0.1) is 0 Å². The van der Waals surface area contributed by atoms with Crippen LogP contribution in [0.1, 0.15) is 13.3 Å². The Balaban J connectivity index is 2.45. The smallest absolute Gasteiger partial charge is 0.379 e. The summed E-state index contributed by atoms with van der Waals surface area (Å²) in [7, 11) is 0. The first-order valence-corrected chi connectivity index (χ1v) is 4.64. The monoisotopic (exact) mass is 225 g/mol. The molecule has 7 heteroatoms. The lowest BCUT2D eigenvalue weighted by molar-refractivity contribution is -0.249. The molecular formula is C8H14F3N3O. The molecule has 1 atom stereocenters. The van der Waals surface area contributed by atoms with E-state index in [0.717, 1.165) is 13.3 Å². The first kappa shape index (κ1) is 12.1. The number of aliphatic imine (C=N–C) groups is 1. The number of guanidine groups is 1. The van der Waals surface area contributed by atoms with Crippen molar-refractivity contribution in [1.29, 1.82) is 0 Å². The molecule has 0 aliphatic carbocycles. The number of nitrogens with one attached hydrogen (secondary N) is 2. The first-order chi connectivity index (χ1) is 6.83. The number of nitrogens with zero attached hydrogens (tertiary/aromatic N) is 1. The van der Waals surface area contributed by atoms with Gasteiger partial charge in [0.1, 0.15) is 0 Å². The third-order valence-corrected chi connectivity index (χ3v) is 2.11. The summed E-state index contributed by atoms with van der Waals surface area (Å²) in [6, 6.07) is 0. The topological polar surface area (TPSA) is 56.6 Å². The summed E-state index contributed by atoms with van der Waals surface area (Å²) in [5.41, 5.74) is -2.74. The van der Waals surface area contributed by atoms with Crippen molar-refractivity contribution >= 4 is 5.96 Å². The van der Waals surface area contributed by atoms with Crippen molar-refractivity contribution in [3.8, 4) is 0 Å². The molecule has 1 aliphatic rings. The van der Waals surface area contributed by atoms with Gasteiger partial charge in [0, 0.05) is 13.1 Å². The Morgan fingerprint density at radius 3 is 2.67 bits per heavy atom. The number of hydrogen-bond donors (Lipinski definition) is 3. The van der Waals surface area contributed by atoms with Crippen LogP contribution in [0.3, 0.4) is 0 Å². The van der Waals surface area contributed by atoms with Crippen molar-refractivity contribution in [2.75, 3.05) is 19.6 Å². The Labute approximate surface area is 85.6 Å². The number of aliphatic hydroxyl groups is 1. The highest BCUT2D eigenvalue weighted by Gasteiger charge is 2.49. The summed E-state index contributed by atoms with van der Waals surface area (Å²) in [4.78, 5) is 3.93. The maximum absolute atomic E-state index is 12.2. The maximum atomic E-state index is 12.2.